The van der Waals surface area contributed by atoms with Crippen LogP contribution in [0.15, 0.2) is 18.3 Å². The number of hydrogen-bond donors (Lipinski definition) is 2. The van der Waals surface area contributed by atoms with Crippen molar-refractivity contribution in [1.29, 1.82) is 0 Å². The Balaban J connectivity index is 0.00000156. The minimum absolute atomic E-state index is 0. The molecule has 1 aromatic heterocycles. The van der Waals surface area contributed by atoms with Gasteiger partial charge in [0.1, 0.15) is 5.82 Å². The summed E-state index contributed by atoms with van der Waals surface area (Å²) in [6.07, 6.45) is 9.74. The summed E-state index contributed by atoms with van der Waals surface area (Å²) in [5.41, 5.74) is 6.93. The average molecular weight is 389 g/mol. The predicted molar refractivity (Wildman–Crippen MR) is 107 cm³/mol. The lowest BCUT2D eigenvalue weighted by molar-refractivity contribution is -0.125. The largest absolute Gasteiger partial charge is 0.357 e. The fraction of sp³-hybridized carbons (Fsp3) is 0.667. The van der Waals surface area contributed by atoms with Gasteiger partial charge in [-0.15, -0.1) is 24.8 Å². The van der Waals surface area contributed by atoms with Gasteiger partial charge in [-0.1, -0.05) is 18.9 Å². The van der Waals surface area contributed by atoms with E-state index in [2.05, 4.69) is 27.3 Å². The Morgan fingerprint density at radius 3 is 2.44 bits per heavy atom. The molecule has 142 valence electrons. The van der Waals surface area contributed by atoms with E-state index in [0.29, 0.717) is 6.54 Å². The van der Waals surface area contributed by atoms with E-state index in [1.165, 1.54) is 25.7 Å². The van der Waals surface area contributed by atoms with Gasteiger partial charge in [-0.25, -0.2) is 4.98 Å². The molecule has 1 aliphatic carbocycles. The Hall–Kier alpha value is -1.04. The number of carbonyl (C=O) groups is 1. The van der Waals surface area contributed by atoms with Crippen molar-refractivity contribution in [3.63, 3.8) is 0 Å². The highest BCUT2D eigenvalue weighted by atomic mass is 35.5. The van der Waals surface area contributed by atoms with Crippen LogP contribution in [0.1, 0.15) is 50.5 Å². The van der Waals surface area contributed by atoms with E-state index < -0.39 is 0 Å². The molecule has 3 rings (SSSR count). The lowest BCUT2D eigenvalue weighted by Gasteiger charge is -2.21. The standard InChI is InChI=1S/C18H28N4O.2ClH/c19-16-7-6-15(11-16)18(23)21-13-14-5-8-17(20-12-14)22-9-3-1-2-4-10-22;;/h5,8,12,15-16H,1-4,6-7,9-11,13,19H2,(H,21,23);2*1H. The van der Waals surface area contributed by atoms with Gasteiger partial charge in [-0.2, -0.15) is 0 Å². The third kappa shape index (κ3) is 6.32. The molecule has 2 heterocycles. The summed E-state index contributed by atoms with van der Waals surface area (Å²) < 4.78 is 0. The van der Waals surface area contributed by atoms with E-state index in [-0.39, 0.29) is 42.7 Å². The highest BCUT2D eigenvalue weighted by molar-refractivity contribution is 5.85. The molecule has 1 saturated carbocycles. The van der Waals surface area contributed by atoms with Gasteiger partial charge in [0.15, 0.2) is 0 Å². The maximum atomic E-state index is 12.1. The molecule has 3 N–H and O–H groups in total. The van der Waals surface area contributed by atoms with Crippen molar-refractivity contribution in [2.24, 2.45) is 11.7 Å². The van der Waals surface area contributed by atoms with Crippen LogP contribution in [0.2, 0.25) is 0 Å². The topological polar surface area (TPSA) is 71.2 Å². The summed E-state index contributed by atoms with van der Waals surface area (Å²) in [5, 5.41) is 3.02. The van der Waals surface area contributed by atoms with Gasteiger partial charge in [-0.05, 0) is 43.7 Å². The summed E-state index contributed by atoms with van der Waals surface area (Å²) in [4.78, 5) is 19.1. The van der Waals surface area contributed by atoms with Gasteiger partial charge < -0.3 is 16.0 Å². The van der Waals surface area contributed by atoms with Crippen LogP contribution in [0.5, 0.6) is 0 Å². The molecule has 25 heavy (non-hydrogen) atoms. The number of nitrogens with two attached hydrogens (primary N) is 1. The number of pyridine rings is 1. The van der Waals surface area contributed by atoms with E-state index in [1.54, 1.807) is 0 Å². The van der Waals surface area contributed by atoms with E-state index >= 15 is 0 Å². The second-order valence-corrected chi connectivity index (χ2v) is 6.91. The molecule has 0 aromatic carbocycles. The van der Waals surface area contributed by atoms with Gasteiger partial charge in [-0.3, -0.25) is 4.79 Å². The summed E-state index contributed by atoms with van der Waals surface area (Å²) in [5.74, 6) is 1.28. The first-order valence-corrected chi connectivity index (χ1v) is 8.95. The van der Waals surface area contributed by atoms with Gasteiger partial charge in [0, 0.05) is 37.8 Å². The maximum absolute atomic E-state index is 12.1. The Bertz CT molecular complexity index is 518. The molecule has 1 saturated heterocycles. The van der Waals surface area contributed by atoms with Crippen LogP contribution in [0.25, 0.3) is 0 Å². The van der Waals surface area contributed by atoms with E-state index in [1.807, 2.05) is 6.20 Å². The number of halogens is 2. The molecule has 2 fully saturated rings. The van der Waals surface area contributed by atoms with Crippen molar-refractivity contribution in [2.75, 3.05) is 18.0 Å². The first kappa shape index (κ1) is 22.0. The summed E-state index contributed by atoms with van der Waals surface area (Å²) in [7, 11) is 0. The zero-order valence-corrected chi connectivity index (χ0v) is 16.3. The predicted octanol–water partition coefficient (Wildman–Crippen LogP) is 3.05. The fourth-order valence-corrected chi connectivity index (χ4v) is 3.60. The monoisotopic (exact) mass is 388 g/mol. The minimum atomic E-state index is 0. The van der Waals surface area contributed by atoms with Crippen molar-refractivity contribution in [1.82, 2.24) is 10.3 Å². The molecular weight excluding hydrogens is 359 g/mol. The van der Waals surface area contributed by atoms with Crippen molar-refractivity contribution >= 4 is 36.5 Å². The second kappa shape index (κ2) is 10.8. The number of anilines is 1. The number of rotatable bonds is 4. The Morgan fingerprint density at radius 1 is 1.16 bits per heavy atom. The number of carbonyl (C=O) groups excluding carboxylic acids is 1. The fourth-order valence-electron chi connectivity index (χ4n) is 3.60. The van der Waals surface area contributed by atoms with Crippen LogP contribution in [-0.2, 0) is 11.3 Å². The van der Waals surface area contributed by atoms with Crippen molar-refractivity contribution in [3.8, 4) is 0 Å². The molecule has 0 spiro atoms. The number of hydrogen-bond acceptors (Lipinski definition) is 4. The quantitative estimate of drug-likeness (QED) is 0.831. The lowest BCUT2D eigenvalue weighted by Crippen LogP contribution is -2.30. The molecular formula is C18H30Cl2N4O. The number of nitrogens with one attached hydrogen (secondary N) is 1. The molecule has 1 aliphatic heterocycles. The van der Waals surface area contributed by atoms with Crippen LogP contribution >= 0.6 is 24.8 Å². The molecule has 0 bridgehead atoms. The van der Waals surface area contributed by atoms with Crippen LogP contribution in [-0.4, -0.2) is 30.0 Å². The third-order valence-electron chi connectivity index (χ3n) is 5.05. The second-order valence-electron chi connectivity index (χ2n) is 6.91. The number of nitrogens with zero attached hydrogens (tertiary/aromatic N) is 2. The first-order chi connectivity index (χ1) is 11.2. The van der Waals surface area contributed by atoms with Gasteiger partial charge >= 0.3 is 0 Å². The van der Waals surface area contributed by atoms with Gasteiger partial charge in [0.05, 0.1) is 0 Å². The van der Waals surface area contributed by atoms with Gasteiger partial charge in [0.2, 0.25) is 5.91 Å². The smallest absolute Gasteiger partial charge is 0.223 e. The Morgan fingerprint density at radius 2 is 1.88 bits per heavy atom. The molecule has 2 unspecified atom stereocenters. The first-order valence-electron chi connectivity index (χ1n) is 8.95. The molecule has 7 heteroatoms. The normalized spacial score (nSPS) is 23.2. The minimum Gasteiger partial charge on any atom is -0.357 e. The zero-order valence-electron chi connectivity index (χ0n) is 14.7. The highest BCUT2D eigenvalue weighted by Gasteiger charge is 2.27. The van der Waals surface area contributed by atoms with Crippen LogP contribution < -0.4 is 16.0 Å². The Labute approximate surface area is 163 Å². The highest BCUT2D eigenvalue weighted by Crippen LogP contribution is 2.24. The molecule has 2 aliphatic rings. The molecule has 0 radical (unpaired) electrons. The SMILES string of the molecule is Cl.Cl.NC1CCC(C(=O)NCc2ccc(N3CCCCCC3)nc2)C1. The molecule has 1 amide bonds. The van der Waals surface area contributed by atoms with E-state index in [9.17, 15) is 4.79 Å². The van der Waals surface area contributed by atoms with E-state index in [4.69, 9.17) is 5.73 Å². The van der Waals surface area contributed by atoms with E-state index in [0.717, 1.165) is 43.7 Å². The summed E-state index contributed by atoms with van der Waals surface area (Å²) >= 11 is 0. The van der Waals surface area contributed by atoms with Crippen molar-refractivity contribution in [3.05, 3.63) is 23.9 Å². The molecule has 5 nitrogen and oxygen atoms in total. The van der Waals surface area contributed by atoms with Crippen molar-refractivity contribution < 1.29 is 4.79 Å². The van der Waals surface area contributed by atoms with Gasteiger partial charge in [0.25, 0.3) is 0 Å². The third-order valence-corrected chi connectivity index (χ3v) is 5.05. The maximum Gasteiger partial charge on any atom is 0.223 e. The van der Waals surface area contributed by atoms with Crippen LogP contribution in [0, 0.1) is 5.92 Å². The summed E-state index contributed by atoms with van der Waals surface area (Å²) in [6, 6.07) is 4.35. The number of aromatic nitrogens is 1. The summed E-state index contributed by atoms with van der Waals surface area (Å²) in [6.45, 7) is 2.76. The van der Waals surface area contributed by atoms with Crippen LogP contribution in [0.4, 0.5) is 5.82 Å². The Kier molecular flexibility index (Phi) is 9.54. The van der Waals surface area contributed by atoms with Crippen LogP contribution in [0.3, 0.4) is 0 Å². The number of amides is 1. The lowest BCUT2D eigenvalue weighted by atomic mass is 10.1. The molecule has 1 aromatic rings. The zero-order chi connectivity index (χ0) is 16.1. The molecule has 2 atom stereocenters. The van der Waals surface area contributed by atoms with Crippen molar-refractivity contribution in [2.45, 2.75) is 57.5 Å². The average Bonchev–Trinajstić information content (AvgIpc) is 2.84.